The Balaban J connectivity index is 1.73. The second kappa shape index (κ2) is 9.01. The Morgan fingerprint density at radius 2 is 2.07 bits per heavy atom. The first kappa shape index (κ1) is 19.4. The van der Waals surface area contributed by atoms with E-state index in [2.05, 4.69) is 15.2 Å². The van der Waals surface area contributed by atoms with Crippen LogP contribution in [0.2, 0.25) is 0 Å². The Bertz CT molecular complexity index is 996. The standard InChI is InChI=1S/C19H18N6O2S/c1-13-4-2-3-5-16(13)28-12-18(26)25(11-17-23-24-19(21)27-17)10-14-6-7-15(8-20)22-9-14/h2-7,9H,10-12H2,1H3,(H2,21,24). The highest BCUT2D eigenvalue weighted by Gasteiger charge is 2.18. The molecule has 28 heavy (non-hydrogen) atoms. The second-order valence-electron chi connectivity index (χ2n) is 6.00. The lowest BCUT2D eigenvalue weighted by atomic mass is 10.2. The van der Waals surface area contributed by atoms with Gasteiger partial charge in [0.05, 0.1) is 12.3 Å². The maximum absolute atomic E-state index is 12.9. The number of anilines is 1. The summed E-state index contributed by atoms with van der Waals surface area (Å²) in [5, 5.41) is 16.3. The van der Waals surface area contributed by atoms with Crippen LogP contribution >= 0.6 is 11.8 Å². The molecule has 0 unspecified atom stereocenters. The van der Waals surface area contributed by atoms with Gasteiger partial charge >= 0.3 is 6.01 Å². The van der Waals surface area contributed by atoms with Crippen molar-refractivity contribution in [2.75, 3.05) is 11.5 Å². The zero-order valence-electron chi connectivity index (χ0n) is 15.2. The number of thioether (sulfide) groups is 1. The molecule has 3 aromatic rings. The van der Waals surface area contributed by atoms with Gasteiger partial charge < -0.3 is 15.1 Å². The van der Waals surface area contributed by atoms with Crippen molar-refractivity contribution in [3.05, 3.63) is 65.3 Å². The maximum Gasteiger partial charge on any atom is 0.312 e. The molecule has 3 rings (SSSR count). The fourth-order valence-corrected chi connectivity index (χ4v) is 3.41. The third-order valence-corrected chi connectivity index (χ3v) is 5.08. The van der Waals surface area contributed by atoms with Crippen LogP contribution in [0.3, 0.4) is 0 Å². The molecule has 8 nitrogen and oxygen atoms in total. The molecule has 0 aliphatic carbocycles. The summed E-state index contributed by atoms with van der Waals surface area (Å²) < 4.78 is 5.22. The smallest absolute Gasteiger partial charge is 0.312 e. The van der Waals surface area contributed by atoms with Crippen molar-refractivity contribution in [3.8, 4) is 6.07 Å². The van der Waals surface area contributed by atoms with Crippen molar-refractivity contribution in [1.29, 1.82) is 5.26 Å². The van der Waals surface area contributed by atoms with Crippen LogP contribution in [0.25, 0.3) is 0 Å². The van der Waals surface area contributed by atoms with Gasteiger partial charge in [0, 0.05) is 17.6 Å². The lowest BCUT2D eigenvalue weighted by molar-refractivity contribution is -0.129. The molecule has 0 atom stereocenters. The van der Waals surface area contributed by atoms with Crippen LogP contribution in [0.4, 0.5) is 6.01 Å². The minimum absolute atomic E-state index is 0.0447. The summed E-state index contributed by atoms with van der Waals surface area (Å²) in [5.41, 5.74) is 7.71. The van der Waals surface area contributed by atoms with E-state index in [0.717, 1.165) is 16.0 Å². The molecule has 0 saturated heterocycles. The van der Waals surface area contributed by atoms with Gasteiger partial charge in [-0.1, -0.05) is 29.4 Å². The second-order valence-corrected chi connectivity index (χ2v) is 7.02. The Hall–Kier alpha value is -3.38. The number of aromatic nitrogens is 3. The summed E-state index contributed by atoms with van der Waals surface area (Å²) in [6, 6.07) is 13.2. The minimum Gasteiger partial charge on any atom is -0.406 e. The first-order chi connectivity index (χ1) is 13.5. The summed E-state index contributed by atoms with van der Waals surface area (Å²) in [6.07, 6.45) is 1.58. The number of nitrogen functional groups attached to an aromatic ring is 1. The fraction of sp³-hybridized carbons (Fsp3) is 0.211. The van der Waals surface area contributed by atoms with Crippen molar-refractivity contribution >= 4 is 23.7 Å². The van der Waals surface area contributed by atoms with Crippen molar-refractivity contribution in [2.45, 2.75) is 24.9 Å². The van der Waals surface area contributed by atoms with E-state index in [0.29, 0.717) is 12.2 Å². The Morgan fingerprint density at radius 3 is 2.71 bits per heavy atom. The molecule has 142 valence electrons. The molecule has 0 aliphatic heterocycles. The number of carbonyl (C=O) groups is 1. The topological polar surface area (TPSA) is 122 Å². The number of pyridine rings is 1. The fourth-order valence-electron chi connectivity index (χ4n) is 2.48. The predicted molar refractivity (Wildman–Crippen MR) is 104 cm³/mol. The molecular formula is C19H18N6O2S. The molecule has 0 bridgehead atoms. The third-order valence-electron chi connectivity index (χ3n) is 3.92. The van der Waals surface area contributed by atoms with Crippen LogP contribution in [-0.2, 0) is 17.9 Å². The van der Waals surface area contributed by atoms with Gasteiger partial charge in [-0.3, -0.25) is 4.79 Å². The number of nitriles is 1. The molecule has 0 saturated carbocycles. The summed E-state index contributed by atoms with van der Waals surface area (Å²) in [4.78, 5) is 19.6. The van der Waals surface area contributed by atoms with Gasteiger partial charge in [-0.05, 0) is 30.2 Å². The number of carbonyl (C=O) groups excluding carboxylic acids is 1. The van der Waals surface area contributed by atoms with E-state index in [-0.39, 0.29) is 30.1 Å². The van der Waals surface area contributed by atoms with Crippen molar-refractivity contribution in [1.82, 2.24) is 20.1 Å². The van der Waals surface area contributed by atoms with Crippen LogP contribution in [0.5, 0.6) is 0 Å². The SMILES string of the molecule is Cc1ccccc1SCC(=O)N(Cc1ccc(C#N)nc1)Cc1nnc(N)o1. The molecular weight excluding hydrogens is 376 g/mol. The van der Waals surface area contributed by atoms with Crippen molar-refractivity contribution < 1.29 is 9.21 Å². The number of benzene rings is 1. The number of aryl methyl sites for hydroxylation is 1. The lowest BCUT2D eigenvalue weighted by Crippen LogP contribution is -2.31. The highest BCUT2D eigenvalue weighted by atomic mass is 32.2. The van der Waals surface area contributed by atoms with E-state index in [1.807, 2.05) is 37.3 Å². The van der Waals surface area contributed by atoms with Crippen molar-refractivity contribution in [2.24, 2.45) is 0 Å². The first-order valence-electron chi connectivity index (χ1n) is 8.44. The molecule has 1 aromatic carbocycles. The number of amides is 1. The summed E-state index contributed by atoms with van der Waals surface area (Å²) in [5.74, 6) is 0.431. The number of hydrogen-bond acceptors (Lipinski definition) is 8. The average Bonchev–Trinajstić information content (AvgIpc) is 3.12. The number of hydrogen-bond donors (Lipinski definition) is 1. The quantitative estimate of drug-likeness (QED) is 0.607. The monoisotopic (exact) mass is 394 g/mol. The number of nitrogens with zero attached hydrogens (tertiary/aromatic N) is 5. The van der Waals surface area contributed by atoms with E-state index in [4.69, 9.17) is 15.4 Å². The predicted octanol–water partition coefficient (Wildman–Crippen LogP) is 2.55. The van der Waals surface area contributed by atoms with Gasteiger partial charge in [-0.15, -0.1) is 16.9 Å². The van der Waals surface area contributed by atoms with Gasteiger partial charge in [-0.25, -0.2) is 4.98 Å². The molecule has 2 heterocycles. The molecule has 0 spiro atoms. The van der Waals surface area contributed by atoms with Crippen LogP contribution in [-0.4, -0.2) is 31.7 Å². The molecule has 2 aromatic heterocycles. The van der Waals surface area contributed by atoms with E-state index in [1.54, 1.807) is 23.2 Å². The molecule has 0 fully saturated rings. The van der Waals surface area contributed by atoms with E-state index in [1.165, 1.54) is 11.8 Å². The van der Waals surface area contributed by atoms with Crippen LogP contribution in [0, 0.1) is 18.3 Å². The van der Waals surface area contributed by atoms with Gasteiger partial charge in [0.15, 0.2) is 0 Å². The van der Waals surface area contributed by atoms with Crippen LogP contribution in [0.1, 0.15) is 22.7 Å². The summed E-state index contributed by atoms with van der Waals surface area (Å²) >= 11 is 1.47. The Morgan fingerprint density at radius 1 is 1.25 bits per heavy atom. The summed E-state index contributed by atoms with van der Waals surface area (Å²) in [6.45, 7) is 2.44. The van der Waals surface area contributed by atoms with Gasteiger partial charge in [0.2, 0.25) is 11.8 Å². The minimum atomic E-state index is -0.0885. The molecule has 2 N–H and O–H groups in total. The van der Waals surface area contributed by atoms with Crippen LogP contribution in [0.15, 0.2) is 51.9 Å². The van der Waals surface area contributed by atoms with Gasteiger partial charge in [0.25, 0.3) is 0 Å². The van der Waals surface area contributed by atoms with E-state index < -0.39 is 0 Å². The number of rotatable bonds is 7. The number of nitrogens with two attached hydrogens (primary N) is 1. The molecule has 0 aliphatic rings. The van der Waals surface area contributed by atoms with Gasteiger partial charge in [0.1, 0.15) is 11.8 Å². The molecule has 9 heteroatoms. The highest BCUT2D eigenvalue weighted by Crippen LogP contribution is 2.23. The zero-order chi connectivity index (χ0) is 19.9. The zero-order valence-corrected chi connectivity index (χ0v) is 16.0. The maximum atomic E-state index is 12.9. The molecule has 0 radical (unpaired) electrons. The average molecular weight is 394 g/mol. The third kappa shape index (κ3) is 5.08. The van der Waals surface area contributed by atoms with Crippen LogP contribution < -0.4 is 5.73 Å². The molecule has 1 amide bonds. The summed E-state index contributed by atoms with van der Waals surface area (Å²) in [7, 11) is 0. The first-order valence-corrected chi connectivity index (χ1v) is 9.43. The highest BCUT2D eigenvalue weighted by molar-refractivity contribution is 8.00. The Kier molecular flexibility index (Phi) is 6.24. The normalized spacial score (nSPS) is 10.4. The van der Waals surface area contributed by atoms with E-state index in [9.17, 15) is 4.79 Å². The lowest BCUT2D eigenvalue weighted by Gasteiger charge is -2.21. The largest absolute Gasteiger partial charge is 0.406 e. The Labute approximate surface area is 166 Å². The van der Waals surface area contributed by atoms with E-state index >= 15 is 0 Å². The van der Waals surface area contributed by atoms with Crippen molar-refractivity contribution in [3.63, 3.8) is 0 Å². The van der Waals surface area contributed by atoms with Gasteiger partial charge in [-0.2, -0.15) is 5.26 Å².